The average molecular weight is 669 g/mol. The quantitative estimate of drug-likeness (QED) is 0.143. The van der Waals surface area contributed by atoms with Crippen molar-refractivity contribution < 1.29 is 33.4 Å². The lowest BCUT2D eigenvalue weighted by molar-refractivity contribution is -0.126. The summed E-state index contributed by atoms with van der Waals surface area (Å²) in [4.78, 5) is 42.8. The van der Waals surface area contributed by atoms with Crippen LogP contribution in [0.15, 0.2) is 42.7 Å². The molecular formula is C32H46F2N4O5S2. The topological polar surface area (TPSA) is 141 Å². The zero-order valence-electron chi connectivity index (χ0n) is 26.3. The number of aliphatic hydroxyl groups is 2. The van der Waals surface area contributed by atoms with E-state index >= 15 is 0 Å². The third-order valence-electron chi connectivity index (χ3n) is 7.17. The predicted molar refractivity (Wildman–Crippen MR) is 176 cm³/mol. The number of aromatic nitrogens is 1. The van der Waals surface area contributed by atoms with Crippen LogP contribution in [0.4, 0.5) is 8.78 Å². The number of rotatable bonds is 20. The second kappa shape index (κ2) is 20.4. The Morgan fingerprint density at radius 1 is 0.933 bits per heavy atom. The van der Waals surface area contributed by atoms with Gasteiger partial charge in [-0.3, -0.25) is 19.4 Å². The molecule has 5 N–H and O–H groups in total. The van der Waals surface area contributed by atoms with Crippen LogP contribution in [-0.4, -0.2) is 86.3 Å². The van der Waals surface area contributed by atoms with Crippen molar-refractivity contribution in [1.29, 1.82) is 0 Å². The van der Waals surface area contributed by atoms with Crippen molar-refractivity contribution in [2.24, 2.45) is 0 Å². The van der Waals surface area contributed by atoms with Crippen LogP contribution in [0.2, 0.25) is 0 Å². The Hall–Kier alpha value is -2.74. The van der Waals surface area contributed by atoms with E-state index < -0.39 is 59.7 Å². The molecule has 1 aromatic carbocycles. The molecule has 9 nitrogen and oxygen atoms in total. The number of carbonyl (C=O) groups excluding carboxylic acids is 3. The average Bonchev–Trinajstić information content (AvgIpc) is 2.99. The van der Waals surface area contributed by atoms with E-state index in [4.69, 9.17) is 0 Å². The van der Waals surface area contributed by atoms with E-state index in [1.54, 1.807) is 23.9 Å². The van der Waals surface area contributed by atoms with E-state index in [9.17, 15) is 33.4 Å². The van der Waals surface area contributed by atoms with Crippen LogP contribution in [0.25, 0.3) is 0 Å². The molecule has 0 aliphatic carbocycles. The molecule has 5 atom stereocenters. The van der Waals surface area contributed by atoms with Gasteiger partial charge in [0, 0.05) is 36.4 Å². The molecule has 0 radical (unpaired) electrons. The minimum atomic E-state index is -1.64. The largest absolute Gasteiger partial charge is 0.388 e. The number of nitrogens with zero attached hydrogens (tertiary/aromatic N) is 1. The van der Waals surface area contributed by atoms with Crippen LogP contribution >= 0.6 is 23.5 Å². The van der Waals surface area contributed by atoms with Gasteiger partial charge >= 0.3 is 0 Å². The first-order valence-corrected chi connectivity index (χ1v) is 17.6. The fourth-order valence-electron chi connectivity index (χ4n) is 4.94. The second-order valence-corrected chi connectivity index (χ2v) is 13.3. The summed E-state index contributed by atoms with van der Waals surface area (Å²) < 4.78 is 28.2. The lowest BCUT2D eigenvalue weighted by atomic mass is 9.92. The van der Waals surface area contributed by atoms with E-state index in [1.807, 2.05) is 6.26 Å². The van der Waals surface area contributed by atoms with Gasteiger partial charge in [0.2, 0.25) is 11.8 Å². The second-order valence-electron chi connectivity index (χ2n) is 11.0. The Morgan fingerprint density at radius 2 is 1.58 bits per heavy atom. The Balaban J connectivity index is 2.41. The van der Waals surface area contributed by atoms with E-state index in [-0.39, 0.29) is 28.6 Å². The number of carbonyl (C=O) groups is 3. The van der Waals surface area contributed by atoms with Gasteiger partial charge in [0.1, 0.15) is 29.9 Å². The summed E-state index contributed by atoms with van der Waals surface area (Å²) in [6.45, 7) is 5.45. The summed E-state index contributed by atoms with van der Waals surface area (Å²) in [5.74, 6) is -2.45. The van der Waals surface area contributed by atoms with Gasteiger partial charge in [-0.2, -0.15) is 23.5 Å². The highest BCUT2D eigenvalue weighted by atomic mass is 32.2. The Bertz CT molecular complexity index is 1190. The van der Waals surface area contributed by atoms with E-state index in [2.05, 4.69) is 34.8 Å². The van der Waals surface area contributed by atoms with Crippen LogP contribution in [0, 0.1) is 11.6 Å². The molecule has 13 heteroatoms. The summed E-state index contributed by atoms with van der Waals surface area (Å²) in [5.41, 5.74) is 0.397. The molecule has 250 valence electrons. The SMILES string of the molecule is CCCC(CCC)SC[C@@H](NC(=O)c1cccnc1)C(=O)N[C@@H](Cc1cc(F)cc(F)c1)[C@@H](O)[C@H](O)[C@@H](CCSC)NC(C)=O. The number of halogens is 2. The van der Waals surface area contributed by atoms with Gasteiger partial charge in [0.05, 0.1) is 17.6 Å². The monoisotopic (exact) mass is 668 g/mol. The van der Waals surface area contributed by atoms with Crippen molar-refractivity contribution in [3.05, 3.63) is 65.5 Å². The number of nitrogens with one attached hydrogen (secondary N) is 3. The third-order valence-corrected chi connectivity index (χ3v) is 9.28. The minimum absolute atomic E-state index is 0.139. The van der Waals surface area contributed by atoms with Crippen molar-refractivity contribution in [2.75, 3.05) is 17.8 Å². The zero-order chi connectivity index (χ0) is 33.4. The van der Waals surface area contributed by atoms with Crippen LogP contribution < -0.4 is 16.0 Å². The molecule has 2 rings (SSSR count). The number of pyridine rings is 1. The molecule has 3 amide bonds. The normalized spacial score (nSPS) is 14.7. The fourth-order valence-corrected chi connectivity index (χ4v) is 6.94. The molecule has 0 aliphatic rings. The molecule has 0 unspecified atom stereocenters. The maximum absolute atomic E-state index is 14.1. The molecule has 0 aliphatic heterocycles. The van der Waals surface area contributed by atoms with Crippen LogP contribution in [0.1, 0.15) is 68.8 Å². The first kappa shape index (κ1) is 38.4. The summed E-state index contributed by atoms with van der Waals surface area (Å²) in [7, 11) is 0. The van der Waals surface area contributed by atoms with Crippen molar-refractivity contribution >= 4 is 41.2 Å². The molecule has 0 bridgehead atoms. The molecule has 45 heavy (non-hydrogen) atoms. The molecule has 0 spiro atoms. The van der Waals surface area contributed by atoms with Crippen molar-refractivity contribution in [3.8, 4) is 0 Å². The van der Waals surface area contributed by atoms with E-state index in [0.29, 0.717) is 18.2 Å². The smallest absolute Gasteiger partial charge is 0.253 e. The Morgan fingerprint density at radius 3 is 2.13 bits per heavy atom. The summed E-state index contributed by atoms with van der Waals surface area (Å²) in [6.07, 6.45) is 5.46. The molecular weight excluding hydrogens is 623 g/mol. The lowest BCUT2D eigenvalue weighted by Crippen LogP contribution is -2.59. The number of benzene rings is 1. The van der Waals surface area contributed by atoms with Gasteiger partial charge in [-0.05, 0) is 67.5 Å². The van der Waals surface area contributed by atoms with Crippen molar-refractivity contribution in [1.82, 2.24) is 20.9 Å². The highest BCUT2D eigenvalue weighted by Gasteiger charge is 2.35. The summed E-state index contributed by atoms with van der Waals surface area (Å²) in [6, 6.07) is 2.92. The van der Waals surface area contributed by atoms with Gasteiger partial charge in [0.15, 0.2) is 0 Å². The highest BCUT2D eigenvalue weighted by Crippen LogP contribution is 2.23. The third kappa shape index (κ3) is 13.6. The lowest BCUT2D eigenvalue weighted by Gasteiger charge is -2.33. The van der Waals surface area contributed by atoms with Gasteiger partial charge < -0.3 is 26.2 Å². The van der Waals surface area contributed by atoms with Crippen LogP contribution in [0.3, 0.4) is 0 Å². The first-order valence-electron chi connectivity index (χ1n) is 15.2. The van der Waals surface area contributed by atoms with Gasteiger partial charge in [-0.25, -0.2) is 8.78 Å². The predicted octanol–water partition coefficient (Wildman–Crippen LogP) is 3.87. The molecule has 0 fully saturated rings. The van der Waals surface area contributed by atoms with Gasteiger partial charge in [0.25, 0.3) is 5.91 Å². The molecule has 1 aromatic heterocycles. The van der Waals surface area contributed by atoms with E-state index in [0.717, 1.165) is 37.8 Å². The molecule has 2 aromatic rings. The summed E-state index contributed by atoms with van der Waals surface area (Å²) >= 11 is 3.05. The number of aliphatic hydroxyl groups excluding tert-OH is 2. The van der Waals surface area contributed by atoms with Crippen molar-refractivity contribution in [2.45, 2.75) is 94.9 Å². The molecule has 0 saturated carbocycles. The van der Waals surface area contributed by atoms with Crippen LogP contribution in [-0.2, 0) is 16.0 Å². The van der Waals surface area contributed by atoms with Gasteiger partial charge in [-0.15, -0.1) is 0 Å². The molecule has 1 heterocycles. The number of thioether (sulfide) groups is 2. The zero-order valence-corrected chi connectivity index (χ0v) is 27.9. The van der Waals surface area contributed by atoms with Crippen molar-refractivity contribution in [3.63, 3.8) is 0 Å². The maximum atomic E-state index is 14.1. The highest BCUT2D eigenvalue weighted by molar-refractivity contribution is 8.00. The van der Waals surface area contributed by atoms with E-state index in [1.165, 1.54) is 31.1 Å². The summed E-state index contributed by atoms with van der Waals surface area (Å²) in [5, 5.41) is 31.0. The minimum Gasteiger partial charge on any atom is -0.388 e. The van der Waals surface area contributed by atoms with Gasteiger partial charge in [-0.1, -0.05) is 26.7 Å². The maximum Gasteiger partial charge on any atom is 0.253 e. The number of hydrogen-bond donors (Lipinski definition) is 5. The Kier molecular flexibility index (Phi) is 17.4. The fraction of sp³-hybridized carbons (Fsp3) is 0.562. The molecule has 0 saturated heterocycles. The standard InChI is InChI=1S/C32H46F2N4O5S2/c1-5-8-25(9-6-2)45-19-28(38-31(42)22-10-7-12-35-18-22)32(43)37-27(16-21-14-23(33)17-24(34)15-21)30(41)29(40)26(11-13-44-4)36-20(3)39/h7,10,12,14-15,17-18,25-30,40-41H,5-6,8-9,11,13,16,19H2,1-4H3,(H,36,39)(H,37,43)(H,38,42)/t26-,27+,28-,29-,30-/m1/s1. The number of amides is 3. The number of hydrogen-bond acceptors (Lipinski definition) is 8. The van der Waals surface area contributed by atoms with Crippen LogP contribution in [0.5, 0.6) is 0 Å². The Labute approximate surface area is 273 Å². The first-order chi connectivity index (χ1) is 21.5.